The molecule has 0 fully saturated rings. The summed E-state index contributed by atoms with van der Waals surface area (Å²) in [5, 5.41) is 2.95. The van der Waals surface area contributed by atoms with Crippen molar-refractivity contribution in [2.75, 3.05) is 17.1 Å². The van der Waals surface area contributed by atoms with Gasteiger partial charge in [-0.3, -0.25) is 13.9 Å². The van der Waals surface area contributed by atoms with Gasteiger partial charge < -0.3 is 10.2 Å². The van der Waals surface area contributed by atoms with Gasteiger partial charge in [0.15, 0.2) is 11.6 Å². The summed E-state index contributed by atoms with van der Waals surface area (Å²) in [6, 6.07) is 18.2. The zero-order valence-corrected chi connectivity index (χ0v) is 24.1. The van der Waals surface area contributed by atoms with Crippen molar-refractivity contribution < 1.29 is 26.8 Å². The van der Waals surface area contributed by atoms with Gasteiger partial charge in [0, 0.05) is 24.6 Å². The monoisotopic (exact) mass is 571 g/mol. The maximum atomic E-state index is 14.0. The molecule has 0 aromatic heterocycles. The summed E-state index contributed by atoms with van der Waals surface area (Å²) in [5.74, 6) is -3.48. The van der Waals surface area contributed by atoms with Crippen LogP contribution in [0.5, 0.6) is 0 Å². The van der Waals surface area contributed by atoms with Gasteiger partial charge in [0.05, 0.1) is 11.9 Å². The maximum absolute atomic E-state index is 14.0. The van der Waals surface area contributed by atoms with E-state index in [9.17, 15) is 26.8 Å². The Bertz CT molecular complexity index is 1460. The fourth-order valence-corrected chi connectivity index (χ4v) is 5.07. The van der Waals surface area contributed by atoms with E-state index in [-0.39, 0.29) is 18.7 Å². The first kappa shape index (κ1) is 30.7. The van der Waals surface area contributed by atoms with Crippen molar-refractivity contribution in [1.82, 2.24) is 10.2 Å². The van der Waals surface area contributed by atoms with E-state index in [1.807, 2.05) is 82.3 Å². The summed E-state index contributed by atoms with van der Waals surface area (Å²) in [5.41, 5.74) is 1.66. The fraction of sp³-hybridized carbons (Fsp3) is 0.333. The molecule has 1 N–H and O–H groups in total. The van der Waals surface area contributed by atoms with E-state index in [1.54, 1.807) is 0 Å². The molecule has 10 heteroatoms. The molecule has 0 heterocycles. The lowest BCUT2D eigenvalue weighted by atomic mass is 10.00. The van der Waals surface area contributed by atoms with Crippen LogP contribution in [0.15, 0.2) is 72.8 Å². The van der Waals surface area contributed by atoms with Gasteiger partial charge in [-0.2, -0.15) is 0 Å². The van der Waals surface area contributed by atoms with Crippen LogP contribution < -0.4 is 9.62 Å². The lowest BCUT2D eigenvalue weighted by molar-refractivity contribution is -0.140. The van der Waals surface area contributed by atoms with Crippen LogP contribution in [-0.4, -0.2) is 49.5 Å². The highest BCUT2D eigenvalue weighted by Crippen LogP contribution is 2.23. The third kappa shape index (κ3) is 8.35. The van der Waals surface area contributed by atoms with Crippen molar-refractivity contribution in [3.05, 3.63) is 101 Å². The van der Waals surface area contributed by atoms with Crippen LogP contribution in [-0.2, 0) is 32.6 Å². The van der Waals surface area contributed by atoms with Gasteiger partial charge in [0.1, 0.15) is 12.6 Å². The highest BCUT2D eigenvalue weighted by Gasteiger charge is 2.34. The Morgan fingerprint density at radius 3 is 2.12 bits per heavy atom. The number of nitrogens with zero attached hydrogens (tertiary/aromatic N) is 2. The van der Waals surface area contributed by atoms with Crippen LogP contribution in [0.1, 0.15) is 37.5 Å². The summed E-state index contributed by atoms with van der Waals surface area (Å²) in [6.07, 6.45) is 1.05. The molecule has 40 heavy (non-hydrogen) atoms. The first-order valence-electron chi connectivity index (χ1n) is 12.8. The molecule has 2 amide bonds. The summed E-state index contributed by atoms with van der Waals surface area (Å²) in [4.78, 5) is 29.1. The van der Waals surface area contributed by atoms with E-state index in [4.69, 9.17) is 0 Å². The molecule has 3 aromatic carbocycles. The predicted molar refractivity (Wildman–Crippen MR) is 152 cm³/mol. The van der Waals surface area contributed by atoms with Gasteiger partial charge in [-0.25, -0.2) is 17.2 Å². The Labute approximate surface area is 234 Å². The number of sulfonamides is 1. The molecule has 3 aromatic rings. The average Bonchev–Trinajstić information content (AvgIpc) is 2.86. The van der Waals surface area contributed by atoms with Gasteiger partial charge in [0.25, 0.3) is 0 Å². The number of carbonyl (C=O) groups excluding carboxylic acids is 2. The predicted octanol–water partition coefficient (Wildman–Crippen LogP) is 4.59. The number of hydrogen-bond donors (Lipinski definition) is 1. The largest absolute Gasteiger partial charge is 0.350 e. The third-order valence-corrected chi connectivity index (χ3v) is 7.38. The molecule has 0 saturated heterocycles. The van der Waals surface area contributed by atoms with Crippen molar-refractivity contribution in [1.29, 1.82) is 0 Å². The second-order valence-corrected chi connectivity index (χ2v) is 12.7. The second-order valence-electron chi connectivity index (χ2n) is 10.8. The van der Waals surface area contributed by atoms with E-state index in [2.05, 4.69) is 5.32 Å². The number of aryl methyl sites for hydroxylation is 1. The molecule has 7 nitrogen and oxygen atoms in total. The molecular weight excluding hydrogens is 536 g/mol. The minimum atomic E-state index is -4.09. The number of halogens is 2. The molecule has 0 aliphatic rings. The number of rotatable bonds is 10. The van der Waals surface area contributed by atoms with Crippen LogP contribution in [0, 0.1) is 18.6 Å². The minimum absolute atomic E-state index is 0.0238. The molecular formula is C30H35F2N3O4S. The fourth-order valence-electron chi connectivity index (χ4n) is 4.23. The molecule has 1 atom stereocenters. The molecule has 0 saturated carbocycles. The van der Waals surface area contributed by atoms with E-state index >= 15 is 0 Å². The second kappa shape index (κ2) is 12.6. The molecule has 0 spiro atoms. The molecule has 0 aliphatic carbocycles. The Morgan fingerprint density at radius 2 is 1.55 bits per heavy atom. The molecule has 3 rings (SSSR count). The lowest BCUT2D eigenvalue weighted by Crippen LogP contribution is -2.56. The van der Waals surface area contributed by atoms with Gasteiger partial charge >= 0.3 is 0 Å². The van der Waals surface area contributed by atoms with Crippen molar-refractivity contribution in [3.63, 3.8) is 0 Å². The standard InChI is InChI=1S/C30H35F2N3O4S/c1-21-11-9-10-14-23(21)19-34(27(29(37)33-30(2,3)4)17-22-12-7-6-8-13-22)28(36)20-35(40(5,38)39)24-15-16-25(31)26(32)18-24/h6-16,18,27H,17,19-20H2,1-5H3,(H,33,37)/t27-/m0/s1. The highest BCUT2D eigenvalue weighted by molar-refractivity contribution is 7.92. The van der Waals surface area contributed by atoms with E-state index in [0.717, 1.165) is 41.1 Å². The number of hydrogen-bond acceptors (Lipinski definition) is 4. The Balaban J connectivity index is 2.10. The zero-order valence-electron chi connectivity index (χ0n) is 23.3. The third-order valence-electron chi connectivity index (χ3n) is 6.24. The number of nitrogens with one attached hydrogen (secondary N) is 1. The number of benzene rings is 3. The molecule has 0 radical (unpaired) electrons. The van der Waals surface area contributed by atoms with Crippen LogP contribution in [0.4, 0.5) is 14.5 Å². The Hall–Kier alpha value is -3.79. The van der Waals surface area contributed by atoms with Gasteiger partial charge in [-0.05, 0) is 56.5 Å². The van der Waals surface area contributed by atoms with Gasteiger partial charge in [0.2, 0.25) is 21.8 Å². The summed E-state index contributed by atoms with van der Waals surface area (Å²) < 4.78 is 53.8. The van der Waals surface area contributed by atoms with E-state index < -0.39 is 51.6 Å². The summed E-state index contributed by atoms with van der Waals surface area (Å²) in [7, 11) is -4.09. The lowest BCUT2D eigenvalue weighted by Gasteiger charge is -2.35. The van der Waals surface area contributed by atoms with Crippen molar-refractivity contribution >= 4 is 27.5 Å². The first-order valence-corrected chi connectivity index (χ1v) is 14.6. The smallest absolute Gasteiger partial charge is 0.244 e. The quantitative estimate of drug-likeness (QED) is 0.386. The van der Waals surface area contributed by atoms with Crippen LogP contribution in [0.2, 0.25) is 0 Å². The number of anilines is 1. The molecule has 0 bridgehead atoms. The van der Waals surface area contributed by atoms with Crippen molar-refractivity contribution in [2.24, 2.45) is 0 Å². The number of amides is 2. The molecule has 0 aliphatic heterocycles. The average molecular weight is 572 g/mol. The Kier molecular flexibility index (Phi) is 9.68. The van der Waals surface area contributed by atoms with E-state index in [0.29, 0.717) is 4.31 Å². The summed E-state index contributed by atoms with van der Waals surface area (Å²) in [6.45, 7) is 6.66. The zero-order chi connectivity index (χ0) is 29.7. The van der Waals surface area contributed by atoms with Crippen molar-refractivity contribution in [2.45, 2.75) is 52.2 Å². The molecule has 0 unspecified atom stereocenters. The van der Waals surface area contributed by atoms with Crippen LogP contribution >= 0.6 is 0 Å². The molecule has 214 valence electrons. The number of carbonyl (C=O) groups is 2. The first-order chi connectivity index (χ1) is 18.7. The topological polar surface area (TPSA) is 86.8 Å². The summed E-state index contributed by atoms with van der Waals surface area (Å²) >= 11 is 0. The van der Waals surface area contributed by atoms with Crippen LogP contribution in [0.3, 0.4) is 0 Å². The van der Waals surface area contributed by atoms with E-state index in [1.165, 1.54) is 4.90 Å². The maximum Gasteiger partial charge on any atom is 0.244 e. The SMILES string of the molecule is Cc1ccccc1CN(C(=O)CN(c1ccc(F)c(F)c1)S(C)(=O)=O)[C@@H](Cc1ccccc1)C(=O)NC(C)(C)C. The van der Waals surface area contributed by atoms with Gasteiger partial charge in [-0.15, -0.1) is 0 Å². The Morgan fingerprint density at radius 1 is 0.925 bits per heavy atom. The normalized spacial score (nSPS) is 12.5. The van der Waals surface area contributed by atoms with Crippen molar-refractivity contribution in [3.8, 4) is 0 Å². The van der Waals surface area contributed by atoms with Crippen LogP contribution in [0.25, 0.3) is 0 Å². The van der Waals surface area contributed by atoms with Gasteiger partial charge in [-0.1, -0.05) is 54.6 Å². The highest BCUT2D eigenvalue weighted by atomic mass is 32.2. The minimum Gasteiger partial charge on any atom is -0.350 e.